The average Bonchev–Trinajstić information content (AvgIpc) is 2.44. The van der Waals surface area contributed by atoms with Crippen LogP contribution in [0.2, 0.25) is 0 Å². The molecule has 0 bridgehead atoms. The Morgan fingerprint density at radius 2 is 1.75 bits per heavy atom. The van der Waals surface area contributed by atoms with Crippen molar-refractivity contribution in [3.63, 3.8) is 0 Å². The number of aliphatic hydroxyl groups is 2. The van der Waals surface area contributed by atoms with Crippen molar-refractivity contribution in [1.29, 1.82) is 0 Å². The molecule has 0 spiro atoms. The summed E-state index contributed by atoms with van der Waals surface area (Å²) in [6, 6.07) is -0.475. The maximum absolute atomic E-state index is 12.1. The molecule has 3 N–H and O–H groups in total. The van der Waals surface area contributed by atoms with Crippen molar-refractivity contribution >= 4 is 6.09 Å². The zero-order chi connectivity index (χ0) is 18.3. The predicted octanol–water partition coefficient (Wildman–Crippen LogP) is 3.62. The van der Waals surface area contributed by atoms with Gasteiger partial charge in [-0.25, -0.2) is 4.79 Å². The highest BCUT2D eigenvalue weighted by Crippen LogP contribution is 2.29. The van der Waals surface area contributed by atoms with E-state index in [0.29, 0.717) is 18.8 Å². The number of alkyl carbamates (subject to hydrolysis) is 1. The third-order valence-electron chi connectivity index (χ3n) is 4.53. The second kappa shape index (κ2) is 9.62. The van der Waals surface area contributed by atoms with E-state index in [-0.39, 0.29) is 5.92 Å². The molecule has 1 amide bonds. The van der Waals surface area contributed by atoms with Crippen LogP contribution < -0.4 is 5.32 Å². The van der Waals surface area contributed by atoms with Crippen molar-refractivity contribution in [1.82, 2.24) is 5.32 Å². The minimum absolute atomic E-state index is 0.284. The average molecular weight is 344 g/mol. The zero-order valence-electron chi connectivity index (χ0n) is 16.0. The van der Waals surface area contributed by atoms with Crippen LogP contribution in [0.4, 0.5) is 4.79 Å². The smallest absolute Gasteiger partial charge is 0.407 e. The Balaban J connectivity index is 2.71. The number of hydrogen-bond acceptors (Lipinski definition) is 4. The molecule has 24 heavy (non-hydrogen) atoms. The van der Waals surface area contributed by atoms with E-state index in [1.54, 1.807) is 0 Å². The molecule has 0 aromatic carbocycles. The second-order valence-electron chi connectivity index (χ2n) is 8.68. The number of nitrogens with one attached hydrogen (secondary N) is 1. The fraction of sp³-hybridized carbons (Fsp3) is 0.947. The van der Waals surface area contributed by atoms with Gasteiger partial charge in [-0.1, -0.05) is 46.0 Å². The number of carbonyl (C=O) groups is 1. The lowest BCUT2D eigenvalue weighted by molar-refractivity contribution is -0.0232. The van der Waals surface area contributed by atoms with E-state index in [2.05, 4.69) is 5.32 Å². The monoisotopic (exact) mass is 343 g/mol. The largest absolute Gasteiger partial charge is 0.444 e. The van der Waals surface area contributed by atoms with Crippen LogP contribution in [0.15, 0.2) is 0 Å². The van der Waals surface area contributed by atoms with Gasteiger partial charge in [0.05, 0.1) is 12.1 Å². The number of rotatable bonds is 7. The lowest BCUT2D eigenvalue weighted by atomic mass is 9.82. The van der Waals surface area contributed by atoms with Gasteiger partial charge >= 0.3 is 6.09 Å². The molecule has 1 fully saturated rings. The molecular formula is C19H37NO4. The Bertz CT molecular complexity index is 372. The summed E-state index contributed by atoms with van der Waals surface area (Å²) in [5.74, 6) is 0.770. The zero-order valence-corrected chi connectivity index (χ0v) is 16.0. The van der Waals surface area contributed by atoms with Gasteiger partial charge in [0.25, 0.3) is 0 Å². The molecule has 0 heterocycles. The van der Waals surface area contributed by atoms with E-state index in [1.165, 1.54) is 19.3 Å². The van der Waals surface area contributed by atoms with Crippen molar-refractivity contribution < 1.29 is 19.7 Å². The van der Waals surface area contributed by atoms with E-state index in [4.69, 9.17) is 4.74 Å². The third-order valence-corrected chi connectivity index (χ3v) is 4.53. The Labute approximate surface area is 147 Å². The van der Waals surface area contributed by atoms with Crippen LogP contribution in [0, 0.1) is 11.8 Å². The minimum atomic E-state index is -0.971. The van der Waals surface area contributed by atoms with E-state index < -0.39 is 29.9 Å². The van der Waals surface area contributed by atoms with Crippen molar-refractivity contribution in [2.24, 2.45) is 11.8 Å². The number of amides is 1. The fourth-order valence-electron chi connectivity index (χ4n) is 3.42. The Kier molecular flexibility index (Phi) is 8.51. The minimum Gasteiger partial charge on any atom is -0.444 e. The van der Waals surface area contributed by atoms with Crippen LogP contribution >= 0.6 is 0 Å². The van der Waals surface area contributed by atoms with Crippen LogP contribution in [0.1, 0.15) is 79.6 Å². The maximum atomic E-state index is 12.1. The van der Waals surface area contributed by atoms with Crippen molar-refractivity contribution in [3.8, 4) is 0 Å². The molecule has 1 rings (SSSR count). The van der Waals surface area contributed by atoms with Crippen molar-refractivity contribution in [3.05, 3.63) is 0 Å². The molecule has 0 aromatic heterocycles. The van der Waals surface area contributed by atoms with Gasteiger partial charge in [0.2, 0.25) is 0 Å². The summed E-state index contributed by atoms with van der Waals surface area (Å²) in [5.41, 5.74) is -0.582. The topological polar surface area (TPSA) is 78.8 Å². The van der Waals surface area contributed by atoms with E-state index in [1.807, 2.05) is 34.6 Å². The van der Waals surface area contributed by atoms with Gasteiger partial charge in [-0.2, -0.15) is 0 Å². The first-order valence-corrected chi connectivity index (χ1v) is 9.44. The summed E-state index contributed by atoms with van der Waals surface area (Å²) in [6.45, 7) is 9.45. The van der Waals surface area contributed by atoms with E-state index in [9.17, 15) is 15.0 Å². The quantitative estimate of drug-likeness (QED) is 0.660. The van der Waals surface area contributed by atoms with Gasteiger partial charge in [0, 0.05) is 0 Å². The van der Waals surface area contributed by atoms with Gasteiger partial charge in [0.1, 0.15) is 11.7 Å². The van der Waals surface area contributed by atoms with Gasteiger partial charge in [-0.3, -0.25) is 0 Å². The fourth-order valence-corrected chi connectivity index (χ4v) is 3.42. The molecule has 0 radical (unpaired) electrons. The number of aliphatic hydroxyl groups excluding tert-OH is 2. The third kappa shape index (κ3) is 8.34. The summed E-state index contributed by atoms with van der Waals surface area (Å²) < 4.78 is 5.33. The molecule has 1 aliphatic rings. The molecule has 5 heteroatoms. The summed E-state index contributed by atoms with van der Waals surface area (Å²) in [5, 5.41) is 23.7. The number of carbonyl (C=O) groups excluding carboxylic acids is 1. The molecular weight excluding hydrogens is 306 g/mol. The maximum Gasteiger partial charge on any atom is 0.407 e. The molecule has 3 atom stereocenters. The first-order chi connectivity index (χ1) is 11.1. The normalized spacial score (nSPS) is 20.5. The highest BCUT2D eigenvalue weighted by molar-refractivity contribution is 5.68. The van der Waals surface area contributed by atoms with Crippen LogP contribution in [0.25, 0.3) is 0 Å². The lowest BCUT2D eigenvalue weighted by Gasteiger charge is -2.33. The van der Waals surface area contributed by atoms with Crippen LogP contribution in [0.3, 0.4) is 0 Å². The molecule has 0 saturated heterocycles. The Morgan fingerprint density at radius 3 is 2.25 bits per heavy atom. The summed E-state index contributed by atoms with van der Waals surface area (Å²) in [6.07, 6.45) is 4.78. The first-order valence-electron chi connectivity index (χ1n) is 9.44. The van der Waals surface area contributed by atoms with Crippen molar-refractivity contribution in [2.75, 3.05) is 0 Å². The standard InChI is InChI=1S/C19H37NO4/c1-13(2)11-16(21)17(22)15(12-14-9-7-6-8-10-14)20-18(23)24-19(3,4)5/h13-17,21-22H,6-12H2,1-5H3,(H,20,23)/t15-,16+,17+/m0/s1. The molecule has 142 valence electrons. The SMILES string of the molecule is CC(C)C[C@@H](O)[C@H](O)[C@H](CC1CCCCC1)NC(=O)OC(C)(C)C. The van der Waals surface area contributed by atoms with Crippen LogP contribution in [0.5, 0.6) is 0 Å². The van der Waals surface area contributed by atoms with Gasteiger partial charge in [0.15, 0.2) is 0 Å². The van der Waals surface area contributed by atoms with E-state index in [0.717, 1.165) is 12.8 Å². The molecule has 1 saturated carbocycles. The molecule has 5 nitrogen and oxygen atoms in total. The Hall–Kier alpha value is -0.810. The van der Waals surface area contributed by atoms with Crippen LogP contribution in [-0.4, -0.2) is 40.2 Å². The van der Waals surface area contributed by atoms with Crippen molar-refractivity contribution in [2.45, 2.75) is 103 Å². The lowest BCUT2D eigenvalue weighted by Crippen LogP contribution is -2.51. The van der Waals surface area contributed by atoms with Gasteiger partial charge in [-0.05, 0) is 45.4 Å². The van der Waals surface area contributed by atoms with Gasteiger partial charge in [-0.15, -0.1) is 0 Å². The summed E-state index contributed by atoms with van der Waals surface area (Å²) in [7, 11) is 0. The van der Waals surface area contributed by atoms with E-state index >= 15 is 0 Å². The molecule has 0 aromatic rings. The first kappa shape index (κ1) is 21.2. The summed E-state index contributed by atoms with van der Waals surface area (Å²) >= 11 is 0. The highest BCUT2D eigenvalue weighted by Gasteiger charge is 2.32. The second-order valence-corrected chi connectivity index (χ2v) is 8.68. The molecule has 1 aliphatic carbocycles. The number of hydrogen-bond donors (Lipinski definition) is 3. The highest BCUT2D eigenvalue weighted by atomic mass is 16.6. The number of ether oxygens (including phenoxy) is 1. The molecule has 0 aliphatic heterocycles. The van der Waals surface area contributed by atoms with Gasteiger partial charge < -0.3 is 20.3 Å². The van der Waals surface area contributed by atoms with Crippen LogP contribution in [-0.2, 0) is 4.74 Å². The molecule has 0 unspecified atom stereocenters. The summed E-state index contributed by atoms with van der Waals surface area (Å²) in [4.78, 5) is 12.1. The predicted molar refractivity (Wildman–Crippen MR) is 95.8 cm³/mol. The Morgan fingerprint density at radius 1 is 1.17 bits per heavy atom.